The minimum Gasteiger partial charge on any atom is -0.0580 e. The minimum absolute atomic E-state index is 0.578. The molecule has 1 heterocycles. The molecule has 0 amide bonds. The highest BCUT2D eigenvalue weighted by Crippen LogP contribution is 2.28. The molecule has 0 aromatic carbocycles. The molecule has 0 aliphatic carbocycles. The van der Waals surface area contributed by atoms with E-state index >= 15 is 0 Å². The van der Waals surface area contributed by atoms with Gasteiger partial charge in [0.2, 0.25) is 0 Å². The van der Waals surface area contributed by atoms with Crippen LogP contribution in [0, 0.1) is 5.92 Å². The Morgan fingerprint density at radius 3 is 2.27 bits per heavy atom. The number of hydrogen-bond acceptors (Lipinski definition) is 0. The van der Waals surface area contributed by atoms with Gasteiger partial charge in [0.25, 0.3) is 0 Å². The summed E-state index contributed by atoms with van der Waals surface area (Å²) in [4.78, 5) is 0. The number of hydrogen-bond donors (Lipinski definition) is 0. The molecule has 2 atom stereocenters. The first-order chi connectivity index (χ1) is 5.00. The summed E-state index contributed by atoms with van der Waals surface area (Å²) in [5.41, 5.74) is 0. The van der Waals surface area contributed by atoms with Crippen molar-refractivity contribution in [1.29, 1.82) is 0 Å². The fourth-order valence-electron chi connectivity index (χ4n) is 1.67. The van der Waals surface area contributed by atoms with Crippen LogP contribution >= 0.6 is 0 Å². The van der Waals surface area contributed by atoms with Gasteiger partial charge in [-0.2, -0.15) is 0 Å². The van der Waals surface area contributed by atoms with Gasteiger partial charge >= 0.3 is 0 Å². The molecule has 1 rings (SSSR count). The summed E-state index contributed by atoms with van der Waals surface area (Å²) in [6.07, 6.45) is 2.95. The van der Waals surface area contributed by atoms with E-state index in [2.05, 4.69) is 27.7 Å². The molecule has 1 aliphatic heterocycles. The summed E-state index contributed by atoms with van der Waals surface area (Å²) in [5.74, 6) is 3.98. The van der Waals surface area contributed by atoms with Gasteiger partial charge in [0, 0.05) is 5.92 Å². The second-order valence-corrected chi connectivity index (χ2v) is 7.68. The Balaban J connectivity index is 2.46. The largest absolute Gasteiger partial charge is 0.119 e. The van der Waals surface area contributed by atoms with E-state index in [4.69, 9.17) is 0 Å². The average molecular weight is 173 g/mol. The SMILES string of the molecule is CC1CCC[S+](C(C)(C)C)C1. The summed E-state index contributed by atoms with van der Waals surface area (Å²) in [5, 5.41) is 0. The van der Waals surface area contributed by atoms with E-state index in [0.29, 0.717) is 15.6 Å². The Labute approximate surface area is 74.1 Å². The molecule has 1 heteroatoms. The average Bonchev–Trinajstić information content (AvgIpc) is 1.86. The van der Waals surface area contributed by atoms with Crippen molar-refractivity contribution >= 4 is 10.9 Å². The molecule has 0 aromatic heterocycles. The zero-order chi connectivity index (χ0) is 8.48. The fourth-order valence-corrected chi connectivity index (χ4v) is 4.32. The maximum atomic E-state index is 2.41. The Bertz CT molecular complexity index is 123. The van der Waals surface area contributed by atoms with Gasteiger partial charge < -0.3 is 0 Å². The number of rotatable bonds is 0. The molecule has 0 spiro atoms. The van der Waals surface area contributed by atoms with Crippen LogP contribution in [0.1, 0.15) is 40.5 Å². The predicted octanol–water partition coefficient (Wildman–Crippen LogP) is 2.83. The Hall–Kier alpha value is 0.350. The predicted molar refractivity (Wildman–Crippen MR) is 55.3 cm³/mol. The molecule has 0 aromatic rings. The third-order valence-electron chi connectivity index (χ3n) is 2.44. The molecule has 2 unspecified atom stereocenters. The lowest BCUT2D eigenvalue weighted by molar-refractivity contribution is 0.560. The third-order valence-corrected chi connectivity index (χ3v) is 5.92. The molecule has 1 saturated heterocycles. The van der Waals surface area contributed by atoms with Gasteiger partial charge in [-0.3, -0.25) is 0 Å². The Morgan fingerprint density at radius 1 is 1.27 bits per heavy atom. The molecule has 0 nitrogen and oxygen atoms in total. The monoisotopic (exact) mass is 173 g/mol. The quantitative estimate of drug-likeness (QED) is 0.494. The van der Waals surface area contributed by atoms with Gasteiger partial charge in [0.1, 0.15) is 16.3 Å². The van der Waals surface area contributed by atoms with Crippen LogP contribution in [0.5, 0.6) is 0 Å². The topological polar surface area (TPSA) is 0 Å². The van der Waals surface area contributed by atoms with Crippen LogP contribution in [-0.4, -0.2) is 16.3 Å². The summed E-state index contributed by atoms with van der Waals surface area (Å²) in [6.45, 7) is 9.60. The van der Waals surface area contributed by atoms with Crippen molar-refractivity contribution in [3.8, 4) is 0 Å². The van der Waals surface area contributed by atoms with E-state index in [0.717, 1.165) is 5.92 Å². The molecular weight excluding hydrogens is 152 g/mol. The summed E-state index contributed by atoms with van der Waals surface area (Å²) in [6, 6.07) is 0. The van der Waals surface area contributed by atoms with Crippen LogP contribution in [0.3, 0.4) is 0 Å². The highest BCUT2D eigenvalue weighted by molar-refractivity contribution is 7.98. The van der Waals surface area contributed by atoms with Crippen molar-refractivity contribution in [3.05, 3.63) is 0 Å². The molecule has 66 valence electrons. The van der Waals surface area contributed by atoms with Crippen molar-refractivity contribution in [3.63, 3.8) is 0 Å². The zero-order valence-corrected chi connectivity index (χ0v) is 9.13. The zero-order valence-electron chi connectivity index (χ0n) is 8.31. The van der Waals surface area contributed by atoms with E-state index in [1.807, 2.05) is 0 Å². The lowest BCUT2D eigenvalue weighted by Crippen LogP contribution is -2.38. The summed E-state index contributed by atoms with van der Waals surface area (Å²) < 4.78 is 0.578. The maximum Gasteiger partial charge on any atom is 0.119 e. The van der Waals surface area contributed by atoms with Crippen LogP contribution in [-0.2, 0) is 10.9 Å². The van der Waals surface area contributed by atoms with E-state index in [1.54, 1.807) is 0 Å². The molecule has 0 N–H and O–H groups in total. The lowest BCUT2D eigenvalue weighted by Gasteiger charge is -2.28. The molecule has 0 radical (unpaired) electrons. The Morgan fingerprint density at radius 2 is 1.91 bits per heavy atom. The highest BCUT2D eigenvalue weighted by Gasteiger charge is 2.37. The van der Waals surface area contributed by atoms with Crippen LogP contribution in [0.15, 0.2) is 0 Å². The lowest BCUT2D eigenvalue weighted by atomic mass is 10.1. The second kappa shape index (κ2) is 3.38. The van der Waals surface area contributed by atoms with Crippen LogP contribution in [0.2, 0.25) is 0 Å². The van der Waals surface area contributed by atoms with Crippen LogP contribution < -0.4 is 0 Å². The smallest absolute Gasteiger partial charge is 0.0580 e. The second-order valence-electron chi connectivity index (χ2n) is 4.72. The maximum absolute atomic E-state index is 2.41. The summed E-state index contributed by atoms with van der Waals surface area (Å²) in [7, 11) is 0.708. The van der Waals surface area contributed by atoms with Crippen molar-refractivity contribution in [1.82, 2.24) is 0 Å². The van der Waals surface area contributed by atoms with E-state index in [-0.39, 0.29) is 0 Å². The van der Waals surface area contributed by atoms with Crippen molar-refractivity contribution in [2.24, 2.45) is 5.92 Å². The molecule has 0 saturated carbocycles. The van der Waals surface area contributed by atoms with Gasteiger partial charge in [-0.25, -0.2) is 0 Å². The van der Waals surface area contributed by atoms with Crippen molar-refractivity contribution < 1.29 is 0 Å². The van der Waals surface area contributed by atoms with Crippen LogP contribution in [0.25, 0.3) is 0 Å². The van der Waals surface area contributed by atoms with E-state index in [9.17, 15) is 0 Å². The van der Waals surface area contributed by atoms with Gasteiger partial charge in [0.05, 0.1) is 0 Å². The first-order valence-corrected chi connectivity index (χ1v) is 6.24. The van der Waals surface area contributed by atoms with Gasteiger partial charge in [-0.15, -0.1) is 0 Å². The van der Waals surface area contributed by atoms with Gasteiger partial charge in [-0.1, -0.05) is 6.92 Å². The normalized spacial score (nSPS) is 33.8. The van der Waals surface area contributed by atoms with Gasteiger partial charge in [0.15, 0.2) is 0 Å². The third kappa shape index (κ3) is 2.70. The highest BCUT2D eigenvalue weighted by atomic mass is 32.2. The first-order valence-electron chi connectivity index (χ1n) is 4.68. The molecule has 0 bridgehead atoms. The molecular formula is C10H21S+. The van der Waals surface area contributed by atoms with Crippen molar-refractivity contribution in [2.45, 2.75) is 45.3 Å². The van der Waals surface area contributed by atoms with Crippen molar-refractivity contribution in [2.75, 3.05) is 11.5 Å². The first kappa shape index (κ1) is 9.44. The standard InChI is InChI=1S/C10H21S/c1-9-6-5-7-11(8-9)10(2,3)4/h9H,5-8H2,1-4H3/q+1. The van der Waals surface area contributed by atoms with Crippen LogP contribution in [0.4, 0.5) is 0 Å². The van der Waals surface area contributed by atoms with E-state index < -0.39 is 0 Å². The molecule has 11 heavy (non-hydrogen) atoms. The Kier molecular flexibility index (Phi) is 2.90. The summed E-state index contributed by atoms with van der Waals surface area (Å²) >= 11 is 0. The minimum atomic E-state index is 0.578. The molecule has 1 aliphatic rings. The van der Waals surface area contributed by atoms with Gasteiger partial charge in [-0.05, 0) is 44.5 Å². The van der Waals surface area contributed by atoms with E-state index in [1.165, 1.54) is 24.3 Å². The fraction of sp³-hybridized carbons (Fsp3) is 1.00. The molecule has 1 fully saturated rings.